The van der Waals surface area contributed by atoms with Gasteiger partial charge in [-0.25, -0.2) is 8.42 Å². The topological polar surface area (TPSA) is 57.6 Å². The van der Waals surface area contributed by atoms with Crippen molar-refractivity contribution < 1.29 is 13.5 Å². The number of β-amino-alcohol motifs (C(OH)–C–C–N with tert-alkyl or cyclic N) is 1. The van der Waals surface area contributed by atoms with Crippen LogP contribution in [0.5, 0.6) is 0 Å². The number of rotatable bonds is 2. The number of sulfonamides is 1. The lowest BCUT2D eigenvalue weighted by molar-refractivity contribution is 0.0762. The molecule has 2 aromatic rings. The van der Waals surface area contributed by atoms with Crippen LogP contribution in [-0.4, -0.2) is 36.5 Å². The van der Waals surface area contributed by atoms with Gasteiger partial charge in [-0.3, -0.25) is 0 Å². The van der Waals surface area contributed by atoms with Crippen LogP contribution in [0.4, 0.5) is 0 Å². The molecule has 3 rings (SSSR count). The van der Waals surface area contributed by atoms with Crippen molar-refractivity contribution in [3.05, 3.63) is 42.5 Å². The predicted octanol–water partition coefficient (Wildman–Crippen LogP) is 1.99. The van der Waals surface area contributed by atoms with E-state index in [0.717, 1.165) is 10.8 Å². The van der Waals surface area contributed by atoms with E-state index in [1.54, 1.807) is 19.1 Å². The van der Waals surface area contributed by atoms with Gasteiger partial charge in [0.1, 0.15) is 0 Å². The van der Waals surface area contributed by atoms with Gasteiger partial charge >= 0.3 is 0 Å². The van der Waals surface area contributed by atoms with E-state index in [1.165, 1.54) is 4.31 Å². The van der Waals surface area contributed by atoms with Crippen LogP contribution in [0, 0.1) is 0 Å². The molecule has 106 valence electrons. The summed E-state index contributed by atoms with van der Waals surface area (Å²) >= 11 is 0. The van der Waals surface area contributed by atoms with Crippen molar-refractivity contribution in [1.29, 1.82) is 0 Å². The quantitative estimate of drug-likeness (QED) is 0.920. The van der Waals surface area contributed by atoms with Crippen LogP contribution >= 0.6 is 0 Å². The molecule has 0 spiro atoms. The highest BCUT2D eigenvalue weighted by Crippen LogP contribution is 2.28. The van der Waals surface area contributed by atoms with E-state index in [4.69, 9.17) is 0 Å². The molecule has 1 heterocycles. The van der Waals surface area contributed by atoms with Crippen LogP contribution in [0.2, 0.25) is 0 Å². The van der Waals surface area contributed by atoms with Gasteiger partial charge < -0.3 is 5.11 Å². The summed E-state index contributed by atoms with van der Waals surface area (Å²) in [4.78, 5) is 0.286. The molecule has 1 saturated heterocycles. The molecular weight excluding hydrogens is 274 g/mol. The molecule has 20 heavy (non-hydrogen) atoms. The highest BCUT2D eigenvalue weighted by atomic mass is 32.2. The van der Waals surface area contributed by atoms with Crippen LogP contribution in [0.25, 0.3) is 10.8 Å². The first-order valence-electron chi connectivity index (χ1n) is 6.60. The summed E-state index contributed by atoms with van der Waals surface area (Å²) in [5, 5.41) is 11.9. The minimum Gasteiger partial charge on any atom is -0.389 e. The molecule has 4 nitrogen and oxygen atoms in total. The number of aliphatic hydroxyl groups is 1. The van der Waals surface area contributed by atoms with E-state index in [0.29, 0.717) is 13.0 Å². The van der Waals surface area contributed by atoms with Crippen LogP contribution in [0.1, 0.15) is 13.3 Å². The zero-order valence-corrected chi connectivity index (χ0v) is 12.1. The number of hydrogen-bond donors (Lipinski definition) is 1. The second-order valence-corrected chi connectivity index (χ2v) is 7.53. The fourth-order valence-electron chi connectivity index (χ4n) is 2.59. The van der Waals surface area contributed by atoms with Crippen molar-refractivity contribution >= 4 is 20.8 Å². The van der Waals surface area contributed by atoms with Crippen molar-refractivity contribution in [1.82, 2.24) is 4.31 Å². The maximum Gasteiger partial charge on any atom is 0.243 e. The molecule has 0 aromatic heterocycles. The van der Waals surface area contributed by atoms with Crippen LogP contribution in [-0.2, 0) is 10.0 Å². The maximum atomic E-state index is 12.6. The van der Waals surface area contributed by atoms with Crippen molar-refractivity contribution in [2.45, 2.75) is 23.8 Å². The van der Waals surface area contributed by atoms with E-state index >= 15 is 0 Å². The molecule has 1 N–H and O–H groups in total. The first-order valence-corrected chi connectivity index (χ1v) is 8.04. The smallest absolute Gasteiger partial charge is 0.243 e. The number of fused-ring (bicyclic) bond motifs is 1. The third-order valence-corrected chi connectivity index (χ3v) is 5.62. The van der Waals surface area contributed by atoms with Gasteiger partial charge in [-0.15, -0.1) is 0 Å². The molecular formula is C15H17NO3S. The number of nitrogens with zero attached hydrogens (tertiary/aromatic N) is 1. The second kappa shape index (κ2) is 4.55. The molecule has 0 saturated carbocycles. The molecule has 0 amide bonds. The zero-order valence-electron chi connectivity index (χ0n) is 11.3. The Balaban J connectivity index is 2.01. The molecule has 1 unspecified atom stereocenters. The van der Waals surface area contributed by atoms with Gasteiger partial charge in [0.2, 0.25) is 10.0 Å². The van der Waals surface area contributed by atoms with Crippen LogP contribution in [0.15, 0.2) is 47.4 Å². The van der Waals surface area contributed by atoms with Crippen molar-refractivity contribution in [3.8, 4) is 0 Å². The summed E-state index contributed by atoms with van der Waals surface area (Å²) in [6.07, 6.45) is 0.472. The average molecular weight is 291 g/mol. The van der Waals surface area contributed by atoms with Gasteiger partial charge in [-0.05, 0) is 36.2 Å². The monoisotopic (exact) mass is 291 g/mol. The second-order valence-electron chi connectivity index (χ2n) is 5.59. The summed E-state index contributed by atoms with van der Waals surface area (Å²) in [6, 6.07) is 12.8. The van der Waals surface area contributed by atoms with Gasteiger partial charge in [0, 0.05) is 13.1 Å². The Labute approximate surface area is 118 Å². The predicted molar refractivity (Wildman–Crippen MR) is 77.9 cm³/mol. The fraction of sp³-hybridized carbons (Fsp3) is 0.333. The summed E-state index contributed by atoms with van der Waals surface area (Å²) in [5.74, 6) is 0. The largest absolute Gasteiger partial charge is 0.389 e. The Morgan fingerprint density at radius 3 is 2.50 bits per heavy atom. The fourth-order valence-corrected chi connectivity index (χ4v) is 4.18. The van der Waals surface area contributed by atoms with Crippen LogP contribution < -0.4 is 0 Å². The third kappa shape index (κ3) is 2.32. The van der Waals surface area contributed by atoms with Crippen LogP contribution in [0.3, 0.4) is 0 Å². The minimum atomic E-state index is -3.53. The zero-order chi connectivity index (χ0) is 14.4. The molecule has 0 radical (unpaired) electrons. The number of benzene rings is 2. The van der Waals surface area contributed by atoms with Gasteiger partial charge in [0.15, 0.2) is 0 Å². The molecule has 1 atom stereocenters. The van der Waals surface area contributed by atoms with Gasteiger partial charge in [-0.2, -0.15) is 4.31 Å². The normalized spacial score (nSPS) is 24.3. The first-order chi connectivity index (χ1) is 9.38. The Morgan fingerprint density at radius 1 is 1.15 bits per heavy atom. The van der Waals surface area contributed by atoms with Gasteiger partial charge in [0.25, 0.3) is 0 Å². The van der Waals surface area contributed by atoms with E-state index < -0.39 is 15.6 Å². The van der Waals surface area contributed by atoms with E-state index in [9.17, 15) is 13.5 Å². The van der Waals surface area contributed by atoms with Crippen molar-refractivity contribution in [3.63, 3.8) is 0 Å². The minimum absolute atomic E-state index is 0.155. The van der Waals surface area contributed by atoms with E-state index in [2.05, 4.69) is 0 Å². The third-order valence-electron chi connectivity index (χ3n) is 3.78. The molecule has 1 fully saturated rings. The average Bonchev–Trinajstić information content (AvgIpc) is 2.79. The van der Waals surface area contributed by atoms with Gasteiger partial charge in [0.05, 0.1) is 10.5 Å². The van der Waals surface area contributed by atoms with Gasteiger partial charge in [-0.1, -0.05) is 30.3 Å². The lowest BCUT2D eigenvalue weighted by Gasteiger charge is -2.19. The maximum absolute atomic E-state index is 12.6. The van der Waals surface area contributed by atoms with Crippen molar-refractivity contribution in [2.75, 3.05) is 13.1 Å². The first kappa shape index (κ1) is 13.5. The highest BCUT2D eigenvalue weighted by molar-refractivity contribution is 7.89. The van der Waals surface area contributed by atoms with Crippen molar-refractivity contribution in [2.24, 2.45) is 0 Å². The lowest BCUT2D eigenvalue weighted by atomic mass is 10.1. The molecule has 1 aliphatic rings. The molecule has 2 aromatic carbocycles. The molecule has 1 aliphatic heterocycles. The number of hydrogen-bond acceptors (Lipinski definition) is 3. The SMILES string of the molecule is CC1(O)CCN(S(=O)(=O)c2ccc3ccccc3c2)C1. The molecule has 0 bridgehead atoms. The standard InChI is InChI=1S/C15H17NO3S/c1-15(17)8-9-16(11-15)20(18,19)14-7-6-12-4-2-3-5-13(12)10-14/h2-7,10,17H,8-9,11H2,1H3. The Kier molecular flexibility index (Phi) is 3.08. The summed E-state index contributed by atoms with van der Waals surface area (Å²) in [7, 11) is -3.53. The summed E-state index contributed by atoms with van der Waals surface area (Å²) in [6.45, 7) is 2.19. The Morgan fingerprint density at radius 2 is 1.85 bits per heavy atom. The molecule has 0 aliphatic carbocycles. The molecule has 5 heteroatoms. The highest BCUT2D eigenvalue weighted by Gasteiger charge is 2.38. The summed E-state index contributed by atoms with van der Waals surface area (Å²) in [5.41, 5.74) is -0.927. The summed E-state index contributed by atoms with van der Waals surface area (Å²) < 4.78 is 26.5. The lowest BCUT2D eigenvalue weighted by Crippen LogP contribution is -2.33. The Hall–Kier alpha value is -1.43. The van der Waals surface area contributed by atoms with E-state index in [-0.39, 0.29) is 11.4 Å². The van der Waals surface area contributed by atoms with E-state index in [1.807, 2.05) is 30.3 Å². The Bertz CT molecular complexity index is 753.